The van der Waals surface area contributed by atoms with E-state index in [1.165, 1.54) is 43.6 Å². The molecule has 7 heteroatoms. The SMILES string of the molecule is CCN(CCNC(=NC)NCC(c1cccs1)N1CCCC1)C1CC1.I. The standard InChI is InChI=1S/C19H33N5S.HI/c1-3-23(16-8-9-16)13-10-21-19(20-2)22-15-17(18-7-6-14-25-18)24-11-4-5-12-24;/h6-7,14,16-17H,3-5,8-13,15H2,1-2H3,(H2,20,21,22);1H. The zero-order valence-corrected chi connectivity index (χ0v) is 19.3. The van der Waals surface area contributed by atoms with Crippen molar-refractivity contribution in [2.45, 2.75) is 44.7 Å². The summed E-state index contributed by atoms with van der Waals surface area (Å²) in [5, 5.41) is 9.23. The zero-order valence-electron chi connectivity index (χ0n) is 16.1. The van der Waals surface area contributed by atoms with Crippen molar-refractivity contribution < 1.29 is 0 Å². The minimum absolute atomic E-state index is 0. The monoisotopic (exact) mass is 491 g/mol. The molecule has 0 aromatic carbocycles. The van der Waals surface area contributed by atoms with Gasteiger partial charge in [-0.2, -0.15) is 0 Å². The van der Waals surface area contributed by atoms with Crippen LogP contribution in [0.4, 0.5) is 0 Å². The molecule has 1 aromatic heterocycles. The second-order valence-electron chi connectivity index (χ2n) is 7.01. The Morgan fingerprint density at radius 2 is 2.12 bits per heavy atom. The molecule has 2 heterocycles. The lowest BCUT2D eigenvalue weighted by Gasteiger charge is -2.28. The van der Waals surface area contributed by atoms with Gasteiger partial charge >= 0.3 is 0 Å². The van der Waals surface area contributed by atoms with Crippen molar-refractivity contribution in [2.75, 3.05) is 46.3 Å². The lowest BCUT2D eigenvalue weighted by atomic mass is 10.2. The fourth-order valence-electron chi connectivity index (χ4n) is 3.71. The van der Waals surface area contributed by atoms with Crippen molar-refractivity contribution in [1.82, 2.24) is 20.4 Å². The molecule has 0 amide bonds. The van der Waals surface area contributed by atoms with Crippen molar-refractivity contribution >= 4 is 41.3 Å². The molecule has 1 aliphatic heterocycles. The van der Waals surface area contributed by atoms with Gasteiger partial charge in [-0.15, -0.1) is 35.3 Å². The van der Waals surface area contributed by atoms with Gasteiger partial charge in [-0.25, -0.2) is 0 Å². The van der Waals surface area contributed by atoms with Gasteiger partial charge in [-0.1, -0.05) is 13.0 Å². The summed E-state index contributed by atoms with van der Waals surface area (Å²) in [5.74, 6) is 0.924. The molecule has 2 aliphatic rings. The maximum Gasteiger partial charge on any atom is 0.191 e. The van der Waals surface area contributed by atoms with E-state index in [0.717, 1.165) is 38.2 Å². The van der Waals surface area contributed by atoms with Gasteiger partial charge in [0.1, 0.15) is 0 Å². The van der Waals surface area contributed by atoms with E-state index < -0.39 is 0 Å². The van der Waals surface area contributed by atoms with Crippen LogP contribution in [0.15, 0.2) is 22.5 Å². The average molecular weight is 491 g/mol. The molecule has 1 saturated heterocycles. The average Bonchev–Trinajstić information content (AvgIpc) is 3.11. The van der Waals surface area contributed by atoms with E-state index in [4.69, 9.17) is 0 Å². The number of aliphatic imine (C=N–C) groups is 1. The predicted molar refractivity (Wildman–Crippen MR) is 123 cm³/mol. The number of likely N-dealkylation sites (N-methyl/N-ethyl adjacent to an activating group) is 1. The van der Waals surface area contributed by atoms with Gasteiger partial charge in [0, 0.05) is 37.6 Å². The van der Waals surface area contributed by atoms with Crippen LogP contribution in [0.2, 0.25) is 0 Å². The third-order valence-corrected chi connectivity index (χ3v) is 6.27. The smallest absolute Gasteiger partial charge is 0.191 e. The summed E-state index contributed by atoms with van der Waals surface area (Å²) >= 11 is 1.86. The molecule has 5 nitrogen and oxygen atoms in total. The first-order chi connectivity index (χ1) is 12.3. The summed E-state index contributed by atoms with van der Waals surface area (Å²) < 4.78 is 0. The van der Waals surface area contributed by atoms with Crippen LogP contribution in [0.25, 0.3) is 0 Å². The van der Waals surface area contributed by atoms with E-state index in [-0.39, 0.29) is 24.0 Å². The lowest BCUT2D eigenvalue weighted by Crippen LogP contribution is -2.45. The quantitative estimate of drug-likeness (QED) is 0.317. The molecule has 2 fully saturated rings. The van der Waals surface area contributed by atoms with Crippen molar-refractivity contribution in [3.8, 4) is 0 Å². The number of rotatable bonds is 9. The van der Waals surface area contributed by atoms with Gasteiger partial charge in [0.25, 0.3) is 0 Å². The minimum atomic E-state index is 0. The maximum absolute atomic E-state index is 4.41. The van der Waals surface area contributed by atoms with Crippen molar-refractivity contribution in [3.63, 3.8) is 0 Å². The van der Waals surface area contributed by atoms with E-state index in [2.05, 4.69) is 49.9 Å². The van der Waals surface area contributed by atoms with Crippen LogP contribution in [-0.4, -0.2) is 68.1 Å². The summed E-state index contributed by atoms with van der Waals surface area (Å²) in [4.78, 5) is 11.0. The number of nitrogens with zero attached hydrogens (tertiary/aromatic N) is 3. The van der Waals surface area contributed by atoms with E-state index in [9.17, 15) is 0 Å². The molecule has 148 valence electrons. The fraction of sp³-hybridized carbons (Fsp3) is 0.737. The number of thiophene rings is 1. The molecule has 0 radical (unpaired) electrons. The predicted octanol–water partition coefficient (Wildman–Crippen LogP) is 3.15. The first kappa shape index (κ1) is 21.9. The molecule has 1 unspecified atom stereocenters. The zero-order chi connectivity index (χ0) is 17.5. The molecular formula is C19H34IN5S. The maximum atomic E-state index is 4.41. The Kier molecular flexibility index (Phi) is 9.66. The van der Waals surface area contributed by atoms with Gasteiger partial charge in [0.05, 0.1) is 6.04 Å². The first-order valence-electron chi connectivity index (χ1n) is 9.77. The largest absolute Gasteiger partial charge is 0.355 e. The Bertz CT molecular complexity index is 526. The van der Waals surface area contributed by atoms with Crippen LogP contribution in [0.5, 0.6) is 0 Å². The summed E-state index contributed by atoms with van der Waals surface area (Å²) in [6.45, 7) is 8.80. The highest BCUT2D eigenvalue weighted by atomic mass is 127. The third-order valence-electron chi connectivity index (χ3n) is 5.30. The van der Waals surface area contributed by atoms with Crippen LogP contribution in [0, 0.1) is 0 Å². The Morgan fingerprint density at radius 1 is 1.35 bits per heavy atom. The fourth-order valence-corrected chi connectivity index (χ4v) is 4.58. The van der Waals surface area contributed by atoms with Crippen molar-refractivity contribution in [1.29, 1.82) is 0 Å². The van der Waals surface area contributed by atoms with E-state index >= 15 is 0 Å². The highest BCUT2D eigenvalue weighted by molar-refractivity contribution is 14.0. The summed E-state index contributed by atoms with van der Waals surface area (Å²) in [6.07, 6.45) is 5.39. The van der Waals surface area contributed by atoms with Crippen molar-refractivity contribution in [2.24, 2.45) is 4.99 Å². The van der Waals surface area contributed by atoms with Gasteiger partial charge < -0.3 is 10.6 Å². The summed E-state index contributed by atoms with van der Waals surface area (Å²) in [7, 11) is 1.86. The molecule has 1 aromatic rings. The molecule has 1 atom stereocenters. The van der Waals surface area contributed by atoms with Crippen molar-refractivity contribution in [3.05, 3.63) is 22.4 Å². The number of hydrogen-bond donors (Lipinski definition) is 2. The number of hydrogen-bond acceptors (Lipinski definition) is 4. The van der Waals surface area contributed by atoms with Crippen LogP contribution < -0.4 is 10.6 Å². The van der Waals surface area contributed by atoms with Crippen LogP contribution in [-0.2, 0) is 0 Å². The molecule has 3 rings (SSSR count). The number of likely N-dealkylation sites (tertiary alicyclic amines) is 1. The molecule has 2 N–H and O–H groups in total. The second kappa shape index (κ2) is 11.5. The topological polar surface area (TPSA) is 42.9 Å². The van der Waals surface area contributed by atoms with Gasteiger partial charge in [-0.05, 0) is 56.8 Å². The van der Waals surface area contributed by atoms with Gasteiger partial charge in [0.2, 0.25) is 0 Å². The second-order valence-corrected chi connectivity index (χ2v) is 7.99. The lowest BCUT2D eigenvalue weighted by molar-refractivity contribution is 0.248. The van der Waals surface area contributed by atoms with Crippen LogP contribution in [0.1, 0.15) is 43.5 Å². The number of guanidine groups is 1. The molecule has 1 saturated carbocycles. The minimum Gasteiger partial charge on any atom is -0.355 e. The molecule has 26 heavy (non-hydrogen) atoms. The van der Waals surface area contributed by atoms with E-state index in [0.29, 0.717) is 6.04 Å². The van der Waals surface area contributed by atoms with Gasteiger partial charge in [-0.3, -0.25) is 14.8 Å². The normalized spacial score (nSPS) is 19.4. The van der Waals surface area contributed by atoms with Gasteiger partial charge in [0.15, 0.2) is 5.96 Å². The van der Waals surface area contributed by atoms with E-state index in [1.54, 1.807) is 0 Å². The Morgan fingerprint density at radius 3 is 2.69 bits per heavy atom. The summed E-state index contributed by atoms with van der Waals surface area (Å²) in [6, 6.07) is 5.72. The summed E-state index contributed by atoms with van der Waals surface area (Å²) in [5.41, 5.74) is 0. The highest BCUT2D eigenvalue weighted by Gasteiger charge is 2.27. The Balaban J connectivity index is 0.00000243. The molecule has 1 aliphatic carbocycles. The first-order valence-corrected chi connectivity index (χ1v) is 10.7. The number of halogens is 1. The molecule has 0 spiro atoms. The van der Waals surface area contributed by atoms with Crippen LogP contribution >= 0.6 is 35.3 Å². The molecular weight excluding hydrogens is 457 g/mol. The van der Waals surface area contributed by atoms with Crippen LogP contribution in [0.3, 0.4) is 0 Å². The van der Waals surface area contributed by atoms with E-state index in [1.807, 2.05) is 18.4 Å². The third kappa shape index (κ3) is 6.35. The Labute approximate surface area is 179 Å². The molecule has 0 bridgehead atoms. The Hall–Kier alpha value is -0.380. The highest BCUT2D eigenvalue weighted by Crippen LogP contribution is 2.28. The number of nitrogens with one attached hydrogen (secondary N) is 2.